The van der Waals surface area contributed by atoms with E-state index in [1.54, 1.807) is 4.68 Å². The number of hydrogen-bond acceptors (Lipinski definition) is 4. The third-order valence-electron chi connectivity index (χ3n) is 2.71. The van der Waals surface area contributed by atoms with Gasteiger partial charge in [-0.3, -0.25) is 4.68 Å². The molecule has 1 aromatic heterocycles. The van der Waals surface area contributed by atoms with Crippen LogP contribution in [0.2, 0.25) is 0 Å². The first-order chi connectivity index (χ1) is 8.97. The molecule has 1 heterocycles. The van der Waals surface area contributed by atoms with Gasteiger partial charge in [0.05, 0.1) is 11.4 Å². The maximum absolute atomic E-state index is 11.1. The second kappa shape index (κ2) is 5.01. The standard InChI is InChI=1S/C13H15N3O3/c1-8-5-10(16(2)15-8)7-19-12-6-9(14)3-4-11(12)13(17)18/h3-6H,7,14H2,1-2H3,(H,17,18). The van der Waals surface area contributed by atoms with Crippen molar-refractivity contribution in [3.05, 3.63) is 41.2 Å². The monoisotopic (exact) mass is 261 g/mol. The van der Waals surface area contributed by atoms with Crippen LogP contribution in [0, 0.1) is 6.92 Å². The van der Waals surface area contributed by atoms with Crippen LogP contribution in [-0.4, -0.2) is 20.9 Å². The summed E-state index contributed by atoms with van der Waals surface area (Å²) in [4.78, 5) is 11.1. The SMILES string of the molecule is Cc1cc(COc2cc(N)ccc2C(=O)O)n(C)n1. The van der Waals surface area contributed by atoms with Crippen molar-refractivity contribution in [3.8, 4) is 5.75 Å². The Bertz CT molecular complexity index is 620. The number of carbonyl (C=O) groups is 1. The lowest BCUT2D eigenvalue weighted by Gasteiger charge is -2.10. The number of rotatable bonds is 4. The quantitative estimate of drug-likeness (QED) is 0.815. The minimum Gasteiger partial charge on any atom is -0.486 e. The molecule has 0 unspecified atom stereocenters. The van der Waals surface area contributed by atoms with Gasteiger partial charge in [-0.05, 0) is 25.1 Å². The molecular weight excluding hydrogens is 246 g/mol. The van der Waals surface area contributed by atoms with Gasteiger partial charge in [0.25, 0.3) is 0 Å². The van der Waals surface area contributed by atoms with Crippen molar-refractivity contribution in [3.63, 3.8) is 0 Å². The van der Waals surface area contributed by atoms with Crippen LogP contribution in [0.3, 0.4) is 0 Å². The Morgan fingerprint density at radius 1 is 1.47 bits per heavy atom. The molecule has 6 nitrogen and oxygen atoms in total. The molecule has 2 aromatic rings. The van der Waals surface area contributed by atoms with E-state index in [9.17, 15) is 4.79 Å². The normalized spacial score (nSPS) is 10.4. The van der Waals surface area contributed by atoms with E-state index in [4.69, 9.17) is 15.6 Å². The second-order valence-corrected chi connectivity index (χ2v) is 4.25. The molecule has 0 atom stereocenters. The summed E-state index contributed by atoms with van der Waals surface area (Å²) in [5.41, 5.74) is 7.93. The molecule has 1 aromatic carbocycles. The van der Waals surface area contributed by atoms with E-state index in [2.05, 4.69) is 5.10 Å². The molecule has 0 aliphatic heterocycles. The Hall–Kier alpha value is -2.50. The molecular formula is C13H15N3O3. The van der Waals surface area contributed by atoms with Crippen LogP contribution in [0.25, 0.3) is 0 Å². The molecule has 0 fully saturated rings. The fourth-order valence-corrected chi connectivity index (χ4v) is 1.79. The average molecular weight is 261 g/mol. The second-order valence-electron chi connectivity index (χ2n) is 4.25. The fraction of sp³-hybridized carbons (Fsp3) is 0.231. The predicted molar refractivity (Wildman–Crippen MR) is 70.1 cm³/mol. The van der Waals surface area contributed by atoms with Crippen LogP contribution in [0.4, 0.5) is 5.69 Å². The maximum atomic E-state index is 11.1. The molecule has 6 heteroatoms. The molecule has 100 valence electrons. The molecule has 0 amide bonds. The third kappa shape index (κ3) is 2.85. The molecule has 0 aliphatic rings. The summed E-state index contributed by atoms with van der Waals surface area (Å²) in [5, 5.41) is 13.3. The van der Waals surface area contributed by atoms with Crippen molar-refractivity contribution in [1.29, 1.82) is 0 Å². The number of hydrogen-bond donors (Lipinski definition) is 2. The number of aromatic nitrogens is 2. The van der Waals surface area contributed by atoms with Crippen LogP contribution < -0.4 is 10.5 Å². The number of carboxylic acid groups (broad SMARTS) is 1. The van der Waals surface area contributed by atoms with E-state index in [0.29, 0.717) is 5.69 Å². The number of nitrogen functional groups attached to an aromatic ring is 1. The van der Waals surface area contributed by atoms with E-state index < -0.39 is 5.97 Å². The van der Waals surface area contributed by atoms with Crippen LogP contribution in [0.5, 0.6) is 5.75 Å². The number of aromatic carboxylic acids is 1. The van der Waals surface area contributed by atoms with E-state index in [0.717, 1.165) is 11.4 Å². The molecule has 0 radical (unpaired) electrons. The summed E-state index contributed by atoms with van der Waals surface area (Å²) in [6.45, 7) is 2.12. The van der Waals surface area contributed by atoms with Gasteiger partial charge in [-0.2, -0.15) is 5.10 Å². The molecule has 2 rings (SSSR count). The van der Waals surface area contributed by atoms with Gasteiger partial charge in [0.15, 0.2) is 0 Å². The number of nitrogens with zero attached hydrogens (tertiary/aromatic N) is 2. The number of ether oxygens (including phenoxy) is 1. The van der Waals surface area contributed by atoms with Crippen LogP contribution in [0.15, 0.2) is 24.3 Å². The highest BCUT2D eigenvalue weighted by atomic mass is 16.5. The Labute approximate surface area is 110 Å². The number of benzene rings is 1. The first-order valence-electron chi connectivity index (χ1n) is 5.72. The van der Waals surface area contributed by atoms with E-state index >= 15 is 0 Å². The molecule has 3 N–H and O–H groups in total. The maximum Gasteiger partial charge on any atom is 0.339 e. The predicted octanol–water partition coefficient (Wildman–Crippen LogP) is 1.59. The van der Waals surface area contributed by atoms with Crippen molar-refractivity contribution in [2.24, 2.45) is 7.05 Å². The summed E-state index contributed by atoms with van der Waals surface area (Å²) in [6.07, 6.45) is 0. The van der Waals surface area contributed by atoms with Crippen molar-refractivity contribution in [2.45, 2.75) is 13.5 Å². The molecule has 0 aliphatic carbocycles. The van der Waals surface area contributed by atoms with Gasteiger partial charge in [-0.25, -0.2) is 4.79 Å². The van der Waals surface area contributed by atoms with Gasteiger partial charge in [0.1, 0.15) is 17.9 Å². The molecule has 0 saturated carbocycles. The summed E-state index contributed by atoms with van der Waals surface area (Å²) in [6, 6.07) is 6.35. The summed E-state index contributed by atoms with van der Waals surface area (Å²) in [5.74, 6) is -0.789. The van der Waals surface area contributed by atoms with Gasteiger partial charge in [0, 0.05) is 18.8 Å². The highest BCUT2D eigenvalue weighted by Gasteiger charge is 2.12. The van der Waals surface area contributed by atoms with Gasteiger partial charge in [-0.1, -0.05) is 0 Å². The van der Waals surface area contributed by atoms with E-state index in [-0.39, 0.29) is 17.9 Å². The smallest absolute Gasteiger partial charge is 0.339 e. The minimum absolute atomic E-state index is 0.0908. The zero-order valence-corrected chi connectivity index (χ0v) is 10.8. The van der Waals surface area contributed by atoms with Crippen LogP contribution in [-0.2, 0) is 13.7 Å². The highest BCUT2D eigenvalue weighted by Crippen LogP contribution is 2.23. The topological polar surface area (TPSA) is 90.4 Å². The number of aryl methyl sites for hydroxylation is 2. The summed E-state index contributed by atoms with van der Waals surface area (Å²) >= 11 is 0. The largest absolute Gasteiger partial charge is 0.486 e. The molecule has 19 heavy (non-hydrogen) atoms. The zero-order chi connectivity index (χ0) is 14.0. The van der Waals surface area contributed by atoms with Crippen molar-refractivity contribution < 1.29 is 14.6 Å². The summed E-state index contributed by atoms with van der Waals surface area (Å²) in [7, 11) is 1.81. The zero-order valence-electron chi connectivity index (χ0n) is 10.8. The lowest BCUT2D eigenvalue weighted by atomic mass is 10.2. The Morgan fingerprint density at radius 2 is 2.21 bits per heavy atom. The first kappa shape index (κ1) is 12.9. The summed E-state index contributed by atoms with van der Waals surface area (Å²) < 4.78 is 7.23. The number of anilines is 1. The van der Waals surface area contributed by atoms with E-state index in [1.807, 2.05) is 20.0 Å². The van der Waals surface area contributed by atoms with Gasteiger partial charge >= 0.3 is 5.97 Å². The number of nitrogens with two attached hydrogens (primary N) is 1. The van der Waals surface area contributed by atoms with Gasteiger partial charge in [0.2, 0.25) is 0 Å². The van der Waals surface area contributed by atoms with Gasteiger partial charge in [-0.15, -0.1) is 0 Å². The average Bonchev–Trinajstić information content (AvgIpc) is 2.65. The lowest BCUT2D eigenvalue weighted by molar-refractivity contribution is 0.0691. The minimum atomic E-state index is -1.05. The fourth-order valence-electron chi connectivity index (χ4n) is 1.79. The van der Waals surface area contributed by atoms with Gasteiger partial charge < -0.3 is 15.6 Å². The highest BCUT2D eigenvalue weighted by molar-refractivity contribution is 5.91. The molecule has 0 spiro atoms. The lowest BCUT2D eigenvalue weighted by Crippen LogP contribution is -2.07. The first-order valence-corrected chi connectivity index (χ1v) is 5.72. The Kier molecular flexibility index (Phi) is 3.41. The third-order valence-corrected chi connectivity index (χ3v) is 2.71. The number of carboxylic acids is 1. The van der Waals surface area contributed by atoms with Crippen molar-refractivity contribution in [2.75, 3.05) is 5.73 Å². The van der Waals surface area contributed by atoms with Crippen molar-refractivity contribution in [1.82, 2.24) is 9.78 Å². The van der Waals surface area contributed by atoms with Crippen molar-refractivity contribution >= 4 is 11.7 Å². The Balaban J connectivity index is 2.21. The van der Waals surface area contributed by atoms with E-state index in [1.165, 1.54) is 18.2 Å². The molecule has 0 saturated heterocycles. The Morgan fingerprint density at radius 3 is 2.79 bits per heavy atom. The van der Waals surface area contributed by atoms with Crippen LogP contribution in [0.1, 0.15) is 21.7 Å². The van der Waals surface area contributed by atoms with Crippen LogP contribution >= 0.6 is 0 Å². The molecule has 0 bridgehead atoms.